The van der Waals surface area contributed by atoms with E-state index in [9.17, 15) is 5.11 Å². The molecule has 0 spiro atoms. The van der Waals surface area contributed by atoms with E-state index in [4.69, 9.17) is 5.26 Å². The predicted molar refractivity (Wildman–Crippen MR) is 66.5 cm³/mol. The van der Waals surface area contributed by atoms with Gasteiger partial charge in [-0.15, -0.1) is 0 Å². The second-order valence-corrected chi connectivity index (χ2v) is 3.63. The van der Waals surface area contributed by atoms with Crippen LogP contribution in [0, 0.1) is 11.3 Å². The van der Waals surface area contributed by atoms with Gasteiger partial charge in [-0.3, -0.25) is 0 Å². The fourth-order valence-electron chi connectivity index (χ4n) is 1.59. The molecule has 0 unspecified atom stereocenters. The summed E-state index contributed by atoms with van der Waals surface area (Å²) >= 11 is 0. The number of nitriles is 1. The zero-order chi connectivity index (χ0) is 12.1. The molecule has 2 N–H and O–H groups in total. The molecular formula is C14H12N2O. The van der Waals surface area contributed by atoms with E-state index in [0.29, 0.717) is 5.69 Å². The Balaban J connectivity index is 2.23. The maximum atomic E-state index is 9.63. The van der Waals surface area contributed by atoms with Crippen molar-refractivity contribution in [2.75, 3.05) is 5.32 Å². The fraction of sp³-hybridized carbons (Fsp3) is 0.0714. The van der Waals surface area contributed by atoms with Crippen molar-refractivity contribution in [3.8, 4) is 11.8 Å². The van der Waals surface area contributed by atoms with Crippen LogP contribution in [0.1, 0.15) is 11.6 Å². The number of para-hydroxylation sites is 2. The third-order valence-electron chi connectivity index (χ3n) is 2.47. The molecule has 17 heavy (non-hydrogen) atoms. The molecule has 3 nitrogen and oxygen atoms in total. The van der Waals surface area contributed by atoms with E-state index in [0.717, 1.165) is 5.56 Å². The van der Waals surface area contributed by atoms with Crippen LogP contribution >= 0.6 is 0 Å². The summed E-state index contributed by atoms with van der Waals surface area (Å²) < 4.78 is 0. The first kappa shape index (κ1) is 11.0. The van der Waals surface area contributed by atoms with Crippen LogP contribution in [0.4, 0.5) is 5.69 Å². The quantitative estimate of drug-likeness (QED) is 0.788. The Kier molecular flexibility index (Phi) is 3.27. The Morgan fingerprint density at radius 3 is 2.29 bits per heavy atom. The zero-order valence-corrected chi connectivity index (χ0v) is 9.17. The van der Waals surface area contributed by atoms with E-state index in [2.05, 4.69) is 11.4 Å². The minimum Gasteiger partial charge on any atom is -0.506 e. The van der Waals surface area contributed by atoms with Gasteiger partial charge in [0.25, 0.3) is 0 Å². The molecule has 2 rings (SSSR count). The number of nitrogens with zero attached hydrogens (tertiary/aromatic N) is 1. The lowest BCUT2D eigenvalue weighted by atomic mass is 10.1. The van der Waals surface area contributed by atoms with Gasteiger partial charge < -0.3 is 10.4 Å². The summed E-state index contributed by atoms with van der Waals surface area (Å²) in [5.41, 5.74) is 1.43. The van der Waals surface area contributed by atoms with Crippen LogP contribution in [0.5, 0.6) is 5.75 Å². The van der Waals surface area contributed by atoms with Crippen LogP contribution in [-0.2, 0) is 0 Å². The zero-order valence-electron chi connectivity index (χ0n) is 9.17. The number of hydrogen-bond donors (Lipinski definition) is 2. The van der Waals surface area contributed by atoms with Gasteiger partial charge in [0.2, 0.25) is 0 Å². The highest BCUT2D eigenvalue weighted by Crippen LogP contribution is 2.26. The van der Waals surface area contributed by atoms with E-state index in [1.165, 1.54) is 0 Å². The van der Waals surface area contributed by atoms with E-state index in [1.54, 1.807) is 18.2 Å². The minimum atomic E-state index is -0.468. The largest absolute Gasteiger partial charge is 0.506 e. The van der Waals surface area contributed by atoms with Crippen molar-refractivity contribution in [1.82, 2.24) is 0 Å². The highest BCUT2D eigenvalue weighted by molar-refractivity contribution is 5.57. The van der Waals surface area contributed by atoms with Crippen LogP contribution in [0.25, 0.3) is 0 Å². The molecule has 0 saturated heterocycles. The van der Waals surface area contributed by atoms with E-state index >= 15 is 0 Å². The first-order chi connectivity index (χ1) is 8.31. The SMILES string of the molecule is N#C[C@@H](Nc1ccccc1O)c1ccccc1. The molecule has 0 bridgehead atoms. The monoisotopic (exact) mass is 224 g/mol. The average molecular weight is 224 g/mol. The standard InChI is InChI=1S/C14H12N2O/c15-10-13(11-6-2-1-3-7-11)16-12-8-4-5-9-14(12)17/h1-9,13,16-17H/t13-/m1/s1. The number of nitrogens with one attached hydrogen (secondary N) is 1. The summed E-state index contributed by atoms with van der Waals surface area (Å²) in [5, 5.41) is 21.8. The smallest absolute Gasteiger partial charge is 0.140 e. The molecule has 3 heteroatoms. The molecule has 0 aliphatic rings. The van der Waals surface area contributed by atoms with Crippen molar-refractivity contribution in [3.63, 3.8) is 0 Å². The lowest BCUT2D eigenvalue weighted by molar-refractivity contribution is 0.477. The first-order valence-corrected chi connectivity index (χ1v) is 5.30. The normalized spacial score (nSPS) is 11.5. The molecule has 0 aromatic heterocycles. The Hall–Kier alpha value is -2.47. The van der Waals surface area contributed by atoms with Crippen LogP contribution in [0.2, 0.25) is 0 Å². The van der Waals surface area contributed by atoms with Crippen molar-refractivity contribution in [1.29, 1.82) is 5.26 Å². The van der Waals surface area contributed by atoms with Gasteiger partial charge in [0.15, 0.2) is 0 Å². The Labute approximate surface area is 100.0 Å². The van der Waals surface area contributed by atoms with Gasteiger partial charge in [-0.05, 0) is 17.7 Å². The summed E-state index contributed by atoms with van der Waals surface area (Å²) in [5.74, 6) is 0.142. The number of rotatable bonds is 3. The number of aromatic hydroxyl groups is 1. The molecule has 84 valence electrons. The number of benzene rings is 2. The van der Waals surface area contributed by atoms with Gasteiger partial charge in [0, 0.05) is 0 Å². The molecule has 2 aromatic carbocycles. The molecule has 2 aromatic rings. The third kappa shape index (κ3) is 2.56. The molecule has 0 aliphatic carbocycles. The van der Waals surface area contributed by atoms with Crippen LogP contribution in [0.3, 0.4) is 0 Å². The third-order valence-corrected chi connectivity index (χ3v) is 2.47. The molecule has 0 amide bonds. The minimum absolute atomic E-state index is 0.142. The van der Waals surface area contributed by atoms with Gasteiger partial charge in [-0.1, -0.05) is 42.5 Å². The van der Waals surface area contributed by atoms with E-state index < -0.39 is 6.04 Å². The van der Waals surface area contributed by atoms with Gasteiger partial charge in [0.1, 0.15) is 11.8 Å². The van der Waals surface area contributed by atoms with Gasteiger partial charge >= 0.3 is 0 Å². The van der Waals surface area contributed by atoms with Gasteiger partial charge in [-0.2, -0.15) is 5.26 Å². The van der Waals surface area contributed by atoms with Crippen molar-refractivity contribution in [2.24, 2.45) is 0 Å². The summed E-state index contributed by atoms with van der Waals surface area (Å²) in [6.07, 6.45) is 0. The number of anilines is 1. The topological polar surface area (TPSA) is 56.0 Å². The van der Waals surface area contributed by atoms with Gasteiger partial charge in [0.05, 0.1) is 11.8 Å². The maximum absolute atomic E-state index is 9.63. The van der Waals surface area contributed by atoms with Crippen molar-refractivity contribution in [2.45, 2.75) is 6.04 Å². The molecular weight excluding hydrogens is 212 g/mol. The second-order valence-electron chi connectivity index (χ2n) is 3.63. The fourth-order valence-corrected chi connectivity index (χ4v) is 1.59. The van der Waals surface area contributed by atoms with E-state index in [-0.39, 0.29) is 5.75 Å². The molecule has 0 heterocycles. The predicted octanol–water partition coefficient (Wildman–Crippen LogP) is 3.07. The van der Waals surface area contributed by atoms with Crippen molar-refractivity contribution in [3.05, 3.63) is 60.2 Å². The summed E-state index contributed by atoms with van der Waals surface area (Å²) in [7, 11) is 0. The summed E-state index contributed by atoms with van der Waals surface area (Å²) in [4.78, 5) is 0. The van der Waals surface area contributed by atoms with Crippen LogP contribution in [-0.4, -0.2) is 5.11 Å². The summed E-state index contributed by atoms with van der Waals surface area (Å²) in [6, 6.07) is 18.0. The molecule has 0 fully saturated rings. The molecule has 0 radical (unpaired) electrons. The first-order valence-electron chi connectivity index (χ1n) is 5.30. The molecule has 0 aliphatic heterocycles. The Bertz CT molecular complexity index is 531. The highest BCUT2D eigenvalue weighted by Gasteiger charge is 2.11. The molecule has 1 atom stereocenters. The number of phenols is 1. The average Bonchev–Trinajstić information content (AvgIpc) is 2.39. The number of hydrogen-bond acceptors (Lipinski definition) is 3. The van der Waals surface area contributed by atoms with Crippen LogP contribution < -0.4 is 5.32 Å². The number of phenolic OH excluding ortho intramolecular Hbond substituents is 1. The second kappa shape index (κ2) is 5.04. The van der Waals surface area contributed by atoms with Gasteiger partial charge in [-0.25, -0.2) is 0 Å². The van der Waals surface area contributed by atoms with Crippen LogP contribution in [0.15, 0.2) is 54.6 Å². The Morgan fingerprint density at radius 1 is 1.00 bits per heavy atom. The lowest BCUT2D eigenvalue weighted by Gasteiger charge is -2.14. The highest BCUT2D eigenvalue weighted by atomic mass is 16.3. The van der Waals surface area contributed by atoms with Crippen molar-refractivity contribution < 1.29 is 5.11 Å². The summed E-state index contributed by atoms with van der Waals surface area (Å²) in [6.45, 7) is 0. The van der Waals surface area contributed by atoms with Crippen molar-refractivity contribution >= 4 is 5.69 Å². The molecule has 0 saturated carbocycles. The van der Waals surface area contributed by atoms with E-state index in [1.807, 2.05) is 36.4 Å². The Morgan fingerprint density at radius 2 is 1.65 bits per heavy atom. The maximum Gasteiger partial charge on any atom is 0.140 e. The lowest BCUT2D eigenvalue weighted by Crippen LogP contribution is -2.08.